The van der Waals surface area contributed by atoms with Crippen molar-refractivity contribution in [1.82, 2.24) is 0 Å². The van der Waals surface area contributed by atoms with E-state index in [0.29, 0.717) is 5.92 Å². The Kier molecular flexibility index (Phi) is 4.71. The van der Waals surface area contributed by atoms with Crippen molar-refractivity contribution in [2.75, 3.05) is 0 Å². The number of alkyl halides is 1. The highest BCUT2D eigenvalue weighted by Crippen LogP contribution is 2.47. The Bertz CT molecular complexity index is 422. The fourth-order valence-electron chi connectivity index (χ4n) is 4.38. The number of halogens is 1. The standard InChI is InChI=1S/C19H27Cl/c1-2-14-7-9-16(10-8-14)19(20)18-12-11-15-5-3-4-6-17(15)13-18/h7-10,15,17-19H,2-6,11-13H2,1H3. The first-order valence-electron chi connectivity index (χ1n) is 8.51. The molecule has 110 valence electrons. The molecule has 1 aromatic carbocycles. The van der Waals surface area contributed by atoms with Crippen LogP contribution >= 0.6 is 11.6 Å². The molecular formula is C19H27Cl. The molecule has 0 aliphatic heterocycles. The molecule has 1 heteroatoms. The first-order valence-corrected chi connectivity index (χ1v) is 8.94. The second kappa shape index (κ2) is 6.52. The number of rotatable bonds is 3. The zero-order valence-corrected chi connectivity index (χ0v) is 13.4. The van der Waals surface area contributed by atoms with Crippen LogP contribution in [0, 0.1) is 17.8 Å². The van der Waals surface area contributed by atoms with E-state index in [4.69, 9.17) is 11.6 Å². The van der Waals surface area contributed by atoms with Crippen molar-refractivity contribution in [2.45, 2.75) is 63.7 Å². The predicted molar refractivity (Wildman–Crippen MR) is 87.2 cm³/mol. The molecule has 2 aliphatic carbocycles. The SMILES string of the molecule is CCc1ccc(C(Cl)C2CCC3CCCCC3C2)cc1. The number of hydrogen-bond donors (Lipinski definition) is 0. The van der Waals surface area contributed by atoms with Gasteiger partial charge in [-0.3, -0.25) is 0 Å². The van der Waals surface area contributed by atoms with E-state index in [1.165, 1.54) is 56.1 Å². The highest BCUT2D eigenvalue weighted by molar-refractivity contribution is 6.21. The Labute approximate surface area is 128 Å². The quantitative estimate of drug-likeness (QED) is 0.587. The minimum Gasteiger partial charge on any atom is -0.118 e. The highest BCUT2D eigenvalue weighted by Gasteiger charge is 2.35. The summed E-state index contributed by atoms with van der Waals surface area (Å²) in [7, 11) is 0. The predicted octanol–water partition coefficient (Wildman–Crippen LogP) is 6.14. The summed E-state index contributed by atoms with van der Waals surface area (Å²) in [5.74, 6) is 2.69. The first-order chi connectivity index (χ1) is 9.78. The lowest BCUT2D eigenvalue weighted by atomic mass is 9.66. The molecule has 4 atom stereocenters. The van der Waals surface area contributed by atoms with Crippen LogP contribution in [0.25, 0.3) is 0 Å². The van der Waals surface area contributed by atoms with Gasteiger partial charge >= 0.3 is 0 Å². The van der Waals surface area contributed by atoms with Crippen molar-refractivity contribution in [1.29, 1.82) is 0 Å². The number of fused-ring (bicyclic) bond motifs is 1. The maximum absolute atomic E-state index is 6.81. The Balaban J connectivity index is 1.65. The maximum Gasteiger partial charge on any atom is 0.0613 e. The van der Waals surface area contributed by atoms with Gasteiger partial charge in [0.05, 0.1) is 5.38 Å². The van der Waals surface area contributed by atoms with E-state index in [1.54, 1.807) is 0 Å². The zero-order valence-electron chi connectivity index (χ0n) is 12.7. The molecule has 0 radical (unpaired) electrons. The van der Waals surface area contributed by atoms with E-state index >= 15 is 0 Å². The lowest BCUT2D eigenvalue weighted by Crippen LogP contribution is -2.29. The Morgan fingerprint density at radius 2 is 1.70 bits per heavy atom. The van der Waals surface area contributed by atoms with Crippen molar-refractivity contribution in [3.8, 4) is 0 Å². The van der Waals surface area contributed by atoms with Gasteiger partial charge in [0, 0.05) is 0 Å². The number of aryl methyl sites for hydroxylation is 1. The van der Waals surface area contributed by atoms with Gasteiger partial charge in [0.25, 0.3) is 0 Å². The lowest BCUT2D eigenvalue weighted by Gasteiger charge is -2.40. The zero-order chi connectivity index (χ0) is 13.9. The van der Waals surface area contributed by atoms with Gasteiger partial charge in [-0.2, -0.15) is 0 Å². The molecule has 2 fully saturated rings. The maximum atomic E-state index is 6.81. The third-order valence-electron chi connectivity index (χ3n) is 5.70. The minimum absolute atomic E-state index is 0.226. The smallest absolute Gasteiger partial charge is 0.0613 e. The van der Waals surface area contributed by atoms with Crippen molar-refractivity contribution in [2.24, 2.45) is 17.8 Å². The van der Waals surface area contributed by atoms with E-state index < -0.39 is 0 Å². The third kappa shape index (κ3) is 3.06. The number of benzene rings is 1. The fraction of sp³-hybridized carbons (Fsp3) is 0.684. The van der Waals surface area contributed by atoms with Crippen molar-refractivity contribution in [3.05, 3.63) is 35.4 Å². The van der Waals surface area contributed by atoms with Gasteiger partial charge < -0.3 is 0 Å². The topological polar surface area (TPSA) is 0 Å². The molecule has 20 heavy (non-hydrogen) atoms. The molecule has 1 aromatic rings. The molecule has 2 saturated carbocycles. The second-order valence-corrected chi connectivity index (χ2v) is 7.34. The molecule has 0 amide bonds. The van der Waals surface area contributed by atoms with Crippen LogP contribution < -0.4 is 0 Å². The Morgan fingerprint density at radius 1 is 1.00 bits per heavy atom. The largest absolute Gasteiger partial charge is 0.118 e. The molecular weight excluding hydrogens is 264 g/mol. The molecule has 0 saturated heterocycles. The van der Waals surface area contributed by atoms with Gasteiger partial charge in [0.15, 0.2) is 0 Å². The van der Waals surface area contributed by atoms with Crippen molar-refractivity contribution in [3.63, 3.8) is 0 Å². The van der Waals surface area contributed by atoms with Crippen molar-refractivity contribution < 1.29 is 0 Å². The first kappa shape index (κ1) is 14.4. The van der Waals surface area contributed by atoms with E-state index in [1.807, 2.05) is 0 Å². The summed E-state index contributed by atoms with van der Waals surface area (Å²) in [6.45, 7) is 2.21. The monoisotopic (exact) mass is 290 g/mol. The van der Waals surface area contributed by atoms with E-state index in [-0.39, 0.29) is 5.38 Å². The van der Waals surface area contributed by atoms with Gasteiger partial charge in [-0.1, -0.05) is 56.9 Å². The van der Waals surface area contributed by atoms with Crippen LogP contribution in [0.15, 0.2) is 24.3 Å². The summed E-state index contributed by atoms with van der Waals surface area (Å²) in [5, 5.41) is 0.226. The second-order valence-electron chi connectivity index (χ2n) is 6.87. The molecule has 2 aliphatic rings. The van der Waals surface area contributed by atoms with Gasteiger partial charge in [-0.15, -0.1) is 11.6 Å². The Hall–Kier alpha value is -0.490. The summed E-state index contributed by atoms with van der Waals surface area (Å²) < 4.78 is 0. The highest BCUT2D eigenvalue weighted by atomic mass is 35.5. The molecule has 4 unspecified atom stereocenters. The van der Waals surface area contributed by atoms with E-state index in [9.17, 15) is 0 Å². The van der Waals surface area contributed by atoms with Crippen LogP contribution in [0.4, 0.5) is 0 Å². The van der Waals surface area contributed by atoms with Crippen LogP contribution in [0.3, 0.4) is 0 Å². The Morgan fingerprint density at radius 3 is 2.40 bits per heavy atom. The summed E-state index contributed by atoms with van der Waals surface area (Å²) in [6, 6.07) is 9.00. The molecule has 0 aromatic heterocycles. The van der Waals surface area contributed by atoms with Crippen LogP contribution in [-0.2, 0) is 6.42 Å². The van der Waals surface area contributed by atoms with Crippen LogP contribution in [0.1, 0.15) is 68.4 Å². The van der Waals surface area contributed by atoms with E-state index in [2.05, 4.69) is 31.2 Å². The van der Waals surface area contributed by atoms with Crippen LogP contribution in [0.2, 0.25) is 0 Å². The van der Waals surface area contributed by atoms with Crippen molar-refractivity contribution >= 4 is 11.6 Å². The van der Waals surface area contributed by atoms with Gasteiger partial charge in [0.2, 0.25) is 0 Å². The summed E-state index contributed by atoms with van der Waals surface area (Å²) in [4.78, 5) is 0. The lowest BCUT2D eigenvalue weighted by molar-refractivity contribution is 0.127. The summed E-state index contributed by atoms with van der Waals surface area (Å²) >= 11 is 6.81. The molecule has 0 heterocycles. The summed E-state index contributed by atoms with van der Waals surface area (Å²) in [6.07, 6.45) is 11.1. The molecule has 0 N–H and O–H groups in total. The van der Waals surface area contributed by atoms with Gasteiger partial charge in [-0.05, 0) is 54.6 Å². The molecule has 0 nitrogen and oxygen atoms in total. The minimum atomic E-state index is 0.226. The van der Waals surface area contributed by atoms with Gasteiger partial charge in [0.1, 0.15) is 0 Å². The normalized spacial score (nSPS) is 31.6. The van der Waals surface area contributed by atoms with Crippen LogP contribution in [0.5, 0.6) is 0 Å². The average Bonchev–Trinajstić information content (AvgIpc) is 2.54. The summed E-state index contributed by atoms with van der Waals surface area (Å²) in [5.41, 5.74) is 2.75. The molecule has 3 rings (SSSR count). The average molecular weight is 291 g/mol. The molecule has 0 bridgehead atoms. The van der Waals surface area contributed by atoms with Crippen LogP contribution in [-0.4, -0.2) is 0 Å². The fourth-order valence-corrected chi connectivity index (χ4v) is 4.76. The van der Waals surface area contributed by atoms with Gasteiger partial charge in [-0.25, -0.2) is 0 Å². The molecule has 0 spiro atoms. The number of hydrogen-bond acceptors (Lipinski definition) is 0. The van der Waals surface area contributed by atoms with E-state index in [0.717, 1.165) is 18.3 Å². The third-order valence-corrected chi connectivity index (χ3v) is 6.31.